The lowest BCUT2D eigenvalue weighted by Crippen LogP contribution is -2.51. The number of rotatable bonds is 5. The minimum atomic E-state index is -0.0733. The summed E-state index contributed by atoms with van der Waals surface area (Å²) >= 11 is 9.49. The van der Waals surface area contributed by atoms with Gasteiger partial charge in [-0.1, -0.05) is 27.5 Å². The molecular formula is C18H24BrClN4O2. The number of nitrogens with one attached hydrogen (secondary N) is 1. The van der Waals surface area contributed by atoms with Crippen LogP contribution in [0.2, 0.25) is 5.02 Å². The Morgan fingerprint density at radius 2 is 1.62 bits per heavy atom. The van der Waals surface area contributed by atoms with E-state index in [9.17, 15) is 9.59 Å². The van der Waals surface area contributed by atoms with Gasteiger partial charge in [-0.05, 0) is 31.0 Å². The number of hydrogen-bond donors (Lipinski definition) is 1. The summed E-state index contributed by atoms with van der Waals surface area (Å²) in [7, 11) is 0. The molecule has 2 saturated heterocycles. The van der Waals surface area contributed by atoms with E-state index in [0.717, 1.165) is 56.6 Å². The third-order valence-corrected chi connectivity index (χ3v) is 5.66. The fraction of sp³-hybridized carbons (Fsp3) is 0.556. The first-order valence-corrected chi connectivity index (χ1v) is 10.2. The van der Waals surface area contributed by atoms with E-state index in [1.807, 2.05) is 11.0 Å². The van der Waals surface area contributed by atoms with Gasteiger partial charge < -0.3 is 10.2 Å². The second kappa shape index (κ2) is 9.17. The Hall–Kier alpha value is -1.15. The number of carbonyl (C=O) groups is 2. The molecule has 0 bridgehead atoms. The Morgan fingerprint density at radius 1 is 1.00 bits per heavy atom. The van der Waals surface area contributed by atoms with Crippen LogP contribution in [0.3, 0.4) is 0 Å². The van der Waals surface area contributed by atoms with E-state index >= 15 is 0 Å². The van der Waals surface area contributed by atoms with Crippen molar-refractivity contribution >= 4 is 45.0 Å². The number of anilines is 1. The highest BCUT2D eigenvalue weighted by Crippen LogP contribution is 2.25. The second-order valence-electron chi connectivity index (χ2n) is 6.81. The lowest BCUT2D eigenvalue weighted by Gasteiger charge is -2.34. The fourth-order valence-corrected chi connectivity index (χ4v) is 4.07. The highest BCUT2D eigenvalue weighted by atomic mass is 79.9. The molecule has 8 heteroatoms. The van der Waals surface area contributed by atoms with Gasteiger partial charge in [0.05, 0.1) is 23.8 Å². The maximum atomic E-state index is 12.3. The molecule has 0 unspecified atom stereocenters. The summed E-state index contributed by atoms with van der Waals surface area (Å²) in [4.78, 5) is 30.7. The molecule has 1 N–H and O–H groups in total. The minimum absolute atomic E-state index is 0.0733. The van der Waals surface area contributed by atoms with Gasteiger partial charge in [-0.25, -0.2) is 0 Å². The molecule has 1 aromatic rings. The number of carbonyl (C=O) groups excluding carboxylic acids is 2. The minimum Gasteiger partial charge on any atom is -0.342 e. The first kappa shape index (κ1) is 19.6. The monoisotopic (exact) mass is 442 g/mol. The summed E-state index contributed by atoms with van der Waals surface area (Å²) in [6.07, 6.45) is 2.24. The van der Waals surface area contributed by atoms with Crippen LogP contribution in [-0.2, 0) is 9.59 Å². The zero-order chi connectivity index (χ0) is 18.5. The van der Waals surface area contributed by atoms with Crippen LogP contribution in [0.25, 0.3) is 0 Å². The molecule has 0 atom stereocenters. The van der Waals surface area contributed by atoms with Gasteiger partial charge in [-0.2, -0.15) is 0 Å². The van der Waals surface area contributed by atoms with Crippen molar-refractivity contribution in [3.63, 3.8) is 0 Å². The van der Waals surface area contributed by atoms with Gasteiger partial charge in [0.1, 0.15) is 0 Å². The SMILES string of the molecule is O=C(CN1CCN(CC(=O)N2CCCC2)CC1)Nc1ccc(Br)cc1Cl. The fourth-order valence-electron chi connectivity index (χ4n) is 3.35. The average Bonchev–Trinajstić information content (AvgIpc) is 3.14. The molecule has 2 fully saturated rings. The third kappa shape index (κ3) is 5.42. The summed E-state index contributed by atoms with van der Waals surface area (Å²) in [6, 6.07) is 5.39. The van der Waals surface area contributed by atoms with E-state index in [0.29, 0.717) is 23.8 Å². The number of halogens is 2. The summed E-state index contributed by atoms with van der Waals surface area (Å²) in [5, 5.41) is 3.37. The van der Waals surface area contributed by atoms with Crippen LogP contribution in [0.1, 0.15) is 12.8 Å². The van der Waals surface area contributed by atoms with E-state index in [-0.39, 0.29) is 11.8 Å². The number of likely N-dealkylation sites (tertiary alicyclic amines) is 1. The van der Waals surface area contributed by atoms with Gasteiger partial charge >= 0.3 is 0 Å². The largest absolute Gasteiger partial charge is 0.342 e. The van der Waals surface area contributed by atoms with E-state index < -0.39 is 0 Å². The Balaban J connectivity index is 1.40. The van der Waals surface area contributed by atoms with Crippen LogP contribution in [0.15, 0.2) is 22.7 Å². The number of nitrogens with zero attached hydrogens (tertiary/aromatic N) is 3. The standard InChI is InChI=1S/C18H24BrClN4O2/c19-14-3-4-16(15(20)11-14)21-17(25)12-22-7-9-23(10-8-22)13-18(26)24-5-1-2-6-24/h3-4,11H,1-2,5-10,12-13H2,(H,21,25). The van der Waals surface area contributed by atoms with Gasteiger partial charge in [-0.3, -0.25) is 19.4 Å². The van der Waals surface area contributed by atoms with Crippen molar-refractivity contribution in [3.05, 3.63) is 27.7 Å². The van der Waals surface area contributed by atoms with Crippen molar-refractivity contribution in [1.29, 1.82) is 0 Å². The van der Waals surface area contributed by atoms with E-state index in [2.05, 4.69) is 31.0 Å². The molecule has 2 aliphatic heterocycles. The van der Waals surface area contributed by atoms with Crippen molar-refractivity contribution in [2.24, 2.45) is 0 Å². The molecular weight excluding hydrogens is 420 g/mol. The smallest absolute Gasteiger partial charge is 0.238 e. The van der Waals surface area contributed by atoms with Gasteiger partial charge in [0.25, 0.3) is 0 Å². The van der Waals surface area contributed by atoms with Crippen LogP contribution in [0.5, 0.6) is 0 Å². The Kier molecular flexibility index (Phi) is 6.92. The summed E-state index contributed by atoms with van der Waals surface area (Å²) in [5.74, 6) is 0.161. The van der Waals surface area contributed by atoms with Crippen molar-refractivity contribution < 1.29 is 9.59 Å². The molecule has 0 aliphatic carbocycles. The highest BCUT2D eigenvalue weighted by Gasteiger charge is 2.24. The molecule has 142 valence electrons. The quantitative estimate of drug-likeness (QED) is 0.759. The first-order chi connectivity index (χ1) is 12.5. The van der Waals surface area contributed by atoms with Crippen molar-refractivity contribution in [1.82, 2.24) is 14.7 Å². The van der Waals surface area contributed by atoms with Crippen LogP contribution in [0.4, 0.5) is 5.69 Å². The molecule has 6 nitrogen and oxygen atoms in total. The zero-order valence-corrected chi connectivity index (χ0v) is 17.1. The molecule has 1 aromatic carbocycles. The lowest BCUT2D eigenvalue weighted by molar-refractivity contribution is -0.132. The van der Waals surface area contributed by atoms with Crippen LogP contribution in [0, 0.1) is 0 Å². The van der Waals surface area contributed by atoms with Gasteiger partial charge in [0.15, 0.2) is 0 Å². The molecule has 0 spiro atoms. The molecule has 3 rings (SSSR count). The maximum absolute atomic E-state index is 12.3. The first-order valence-electron chi connectivity index (χ1n) is 8.98. The molecule has 26 heavy (non-hydrogen) atoms. The van der Waals surface area contributed by atoms with Crippen LogP contribution in [-0.4, -0.2) is 78.9 Å². The highest BCUT2D eigenvalue weighted by molar-refractivity contribution is 9.10. The molecule has 0 saturated carbocycles. The number of benzene rings is 1. The third-order valence-electron chi connectivity index (χ3n) is 4.85. The van der Waals surface area contributed by atoms with E-state index in [4.69, 9.17) is 11.6 Å². The van der Waals surface area contributed by atoms with E-state index in [1.54, 1.807) is 12.1 Å². The molecule has 2 aliphatic rings. The lowest BCUT2D eigenvalue weighted by atomic mass is 10.3. The molecule has 2 heterocycles. The molecule has 0 aromatic heterocycles. The van der Waals surface area contributed by atoms with E-state index in [1.165, 1.54) is 0 Å². The maximum Gasteiger partial charge on any atom is 0.238 e. The van der Waals surface area contributed by atoms with Crippen molar-refractivity contribution in [2.75, 3.05) is 57.7 Å². The van der Waals surface area contributed by atoms with Gasteiger partial charge in [0.2, 0.25) is 11.8 Å². The van der Waals surface area contributed by atoms with Gasteiger partial charge in [0, 0.05) is 43.7 Å². The predicted molar refractivity (Wildman–Crippen MR) is 106 cm³/mol. The Bertz CT molecular complexity index is 659. The topological polar surface area (TPSA) is 55.9 Å². The summed E-state index contributed by atoms with van der Waals surface area (Å²) in [5.41, 5.74) is 0.620. The number of hydrogen-bond acceptors (Lipinski definition) is 4. The summed E-state index contributed by atoms with van der Waals surface area (Å²) < 4.78 is 0.875. The normalized spacial score (nSPS) is 18.9. The van der Waals surface area contributed by atoms with Gasteiger partial charge in [-0.15, -0.1) is 0 Å². The number of amides is 2. The average molecular weight is 444 g/mol. The predicted octanol–water partition coefficient (Wildman–Crippen LogP) is 2.28. The number of piperazine rings is 1. The Morgan fingerprint density at radius 3 is 2.23 bits per heavy atom. The molecule has 2 amide bonds. The van der Waals surface area contributed by atoms with Crippen molar-refractivity contribution in [2.45, 2.75) is 12.8 Å². The van der Waals surface area contributed by atoms with Crippen LogP contribution >= 0.6 is 27.5 Å². The Labute approximate surface area is 167 Å². The summed E-state index contributed by atoms with van der Waals surface area (Å²) in [6.45, 7) is 5.82. The zero-order valence-electron chi connectivity index (χ0n) is 14.7. The molecule has 0 radical (unpaired) electrons. The van der Waals surface area contributed by atoms with Crippen molar-refractivity contribution in [3.8, 4) is 0 Å². The van der Waals surface area contributed by atoms with Crippen LogP contribution < -0.4 is 5.32 Å². The second-order valence-corrected chi connectivity index (χ2v) is 8.14.